The smallest absolute Gasteiger partial charge is 0.200 e. The van der Waals surface area contributed by atoms with Gasteiger partial charge in [-0.3, -0.25) is 0 Å². The normalized spacial score (nSPS) is 14.8. The number of hydrogen-bond donors (Lipinski definition) is 1. The fraction of sp³-hybridized carbons (Fsp3) is 0.391. The highest BCUT2D eigenvalue weighted by molar-refractivity contribution is 7.97. The van der Waals surface area contributed by atoms with Gasteiger partial charge >= 0.3 is 0 Å². The van der Waals surface area contributed by atoms with Gasteiger partial charge in [0.2, 0.25) is 5.82 Å². The van der Waals surface area contributed by atoms with Gasteiger partial charge in [-0.25, -0.2) is 26.3 Å². The summed E-state index contributed by atoms with van der Waals surface area (Å²) in [4.78, 5) is -0.921. The third kappa shape index (κ3) is 5.80. The highest BCUT2D eigenvalue weighted by Gasteiger charge is 2.27. The van der Waals surface area contributed by atoms with Gasteiger partial charge in [0, 0.05) is 18.8 Å². The molecule has 0 bridgehead atoms. The first-order valence-corrected chi connectivity index (χ1v) is 11.0. The predicted octanol–water partition coefficient (Wildman–Crippen LogP) is 6.66. The molecule has 0 aliphatic heterocycles. The molecule has 0 radical (unpaired) electrons. The van der Waals surface area contributed by atoms with E-state index in [4.69, 9.17) is 0 Å². The third-order valence-electron chi connectivity index (χ3n) is 5.45. The standard InChI is InChI=1S/C23H25F5N2S/c1-14(29-12-15-6-4-3-5-7-15)17-10-8-16(9-11-17)13-30(2)31-23-21(27)19(25)18(24)20(26)22(23)28/h8-11,15,29H,1,3-7,12-13H2,2H3. The quantitative estimate of drug-likeness (QED) is 0.207. The van der Waals surface area contributed by atoms with E-state index in [2.05, 4.69) is 11.9 Å². The van der Waals surface area contributed by atoms with Crippen LogP contribution < -0.4 is 5.32 Å². The molecule has 8 heteroatoms. The molecule has 0 atom stereocenters. The molecule has 0 amide bonds. The van der Waals surface area contributed by atoms with E-state index >= 15 is 0 Å². The average Bonchev–Trinajstić information content (AvgIpc) is 2.79. The van der Waals surface area contributed by atoms with Gasteiger partial charge in [0.15, 0.2) is 23.3 Å². The summed E-state index contributed by atoms with van der Waals surface area (Å²) in [6, 6.07) is 7.47. The van der Waals surface area contributed by atoms with E-state index in [9.17, 15) is 22.0 Å². The minimum Gasteiger partial charge on any atom is -0.385 e. The van der Waals surface area contributed by atoms with Crippen LogP contribution in [0.3, 0.4) is 0 Å². The van der Waals surface area contributed by atoms with E-state index in [0.717, 1.165) is 23.4 Å². The molecule has 1 aliphatic rings. The maximum absolute atomic E-state index is 13.9. The maximum Gasteiger partial charge on any atom is 0.200 e. The van der Waals surface area contributed by atoms with E-state index in [-0.39, 0.29) is 6.54 Å². The lowest BCUT2D eigenvalue weighted by Crippen LogP contribution is -2.23. The van der Waals surface area contributed by atoms with Crippen LogP contribution in [0, 0.1) is 35.0 Å². The van der Waals surface area contributed by atoms with Crippen molar-refractivity contribution in [3.8, 4) is 0 Å². The number of halogens is 5. The van der Waals surface area contributed by atoms with E-state index in [1.165, 1.54) is 43.5 Å². The first-order valence-electron chi connectivity index (χ1n) is 10.2. The first kappa shape index (κ1) is 23.6. The van der Waals surface area contributed by atoms with Crippen LogP contribution in [0.1, 0.15) is 43.2 Å². The maximum atomic E-state index is 13.9. The molecule has 1 N–H and O–H groups in total. The summed E-state index contributed by atoms with van der Waals surface area (Å²) < 4.78 is 69.1. The SMILES string of the molecule is C=C(NCC1CCCCC1)c1ccc(CN(C)Sc2c(F)c(F)c(F)c(F)c2F)cc1. The second-order valence-electron chi connectivity index (χ2n) is 7.84. The van der Waals surface area contributed by atoms with E-state index in [0.29, 0.717) is 17.9 Å². The number of benzene rings is 2. The van der Waals surface area contributed by atoms with E-state index in [1.807, 2.05) is 24.3 Å². The van der Waals surface area contributed by atoms with Crippen molar-refractivity contribution >= 4 is 17.6 Å². The predicted molar refractivity (Wildman–Crippen MR) is 114 cm³/mol. The molecule has 0 heterocycles. The Kier molecular flexibility index (Phi) is 8.00. The van der Waals surface area contributed by atoms with Gasteiger partial charge in [0.05, 0.1) is 0 Å². The molecular weight excluding hydrogens is 431 g/mol. The van der Waals surface area contributed by atoms with E-state index in [1.54, 1.807) is 0 Å². The van der Waals surface area contributed by atoms with Crippen LogP contribution in [0.2, 0.25) is 0 Å². The molecule has 1 fully saturated rings. The van der Waals surface area contributed by atoms with Gasteiger partial charge in [0.1, 0.15) is 4.90 Å². The van der Waals surface area contributed by atoms with Crippen LogP contribution >= 0.6 is 11.9 Å². The highest BCUT2D eigenvalue weighted by atomic mass is 32.2. The zero-order valence-corrected chi connectivity index (χ0v) is 18.1. The largest absolute Gasteiger partial charge is 0.385 e. The fourth-order valence-corrected chi connectivity index (χ4v) is 4.55. The summed E-state index contributed by atoms with van der Waals surface area (Å²) in [5, 5.41) is 3.40. The van der Waals surface area contributed by atoms with Crippen LogP contribution in [0.15, 0.2) is 35.7 Å². The second-order valence-corrected chi connectivity index (χ2v) is 9.05. The molecule has 0 unspecified atom stereocenters. The molecule has 1 aliphatic carbocycles. The van der Waals surface area contributed by atoms with Gasteiger partial charge in [0.25, 0.3) is 0 Å². The summed E-state index contributed by atoms with van der Waals surface area (Å²) in [5.41, 5.74) is 2.60. The van der Waals surface area contributed by atoms with Crippen LogP contribution in [0.5, 0.6) is 0 Å². The molecule has 2 aromatic carbocycles. The van der Waals surface area contributed by atoms with Crippen molar-refractivity contribution < 1.29 is 22.0 Å². The third-order valence-corrected chi connectivity index (χ3v) is 6.43. The fourth-order valence-electron chi connectivity index (χ4n) is 3.68. The molecule has 3 rings (SSSR count). The van der Waals surface area contributed by atoms with E-state index < -0.39 is 34.0 Å². The van der Waals surface area contributed by atoms with Gasteiger partial charge in [-0.15, -0.1) is 0 Å². The zero-order valence-electron chi connectivity index (χ0n) is 17.3. The Morgan fingerprint density at radius 1 is 0.935 bits per heavy atom. The van der Waals surface area contributed by atoms with Gasteiger partial charge < -0.3 is 5.32 Å². The minimum absolute atomic E-state index is 0.242. The monoisotopic (exact) mass is 456 g/mol. The Morgan fingerprint density at radius 3 is 2.06 bits per heavy atom. The Morgan fingerprint density at radius 2 is 1.48 bits per heavy atom. The Labute approximate surface area is 183 Å². The Hall–Kier alpha value is -2.06. The van der Waals surface area contributed by atoms with Crippen LogP contribution in [0.25, 0.3) is 5.70 Å². The van der Waals surface area contributed by atoms with Crippen molar-refractivity contribution in [3.63, 3.8) is 0 Å². The minimum atomic E-state index is -2.16. The Bertz CT molecular complexity index is 898. The van der Waals surface area contributed by atoms with Crippen molar-refractivity contribution in [2.45, 2.75) is 43.5 Å². The molecule has 0 aromatic heterocycles. The summed E-state index contributed by atoms with van der Waals surface area (Å²) in [6.07, 6.45) is 6.36. The van der Waals surface area contributed by atoms with Crippen LogP contribution in [0.4, 0.5) is 22.0 Å². The lowest BCUT2D eigenvalue weighted by molar-refractivity contribution is 0.355. The highest BCUT2D eigenvalue weighted by Crippen LogP contribution is 2.33. The summed E-state index contributed by atoms with van der Waals surface area (Å²) in [6.45, 7) is 5.24. The molecule has 0 saturated heterocycles. The molecule has 2 aromatic rings. The van der Waals surface area contributed by atoms with Gasteiger partial charge in [-0.2, -0.15) is 0 Å². The molecule has 1 saturated carbocycles. The average molecular weight is 457 g/mol. The lowest BCUT2D eigenvalue weighted by atomic mass is 9.89. The van der Waals surface area contributed by atoms with Crippen molar-refractivity contribution in [1.29, 1.82) is 0 Å². The number of nitrogens with one attached hydrogen (secondary N) is 1. The van der Waals surface area contributed by atoms with Gasteiger partial charge in [-0.05, 0) is 48.9 Å². The first-order chi connectivity index (χ1) is 14.8. The van der Waals surface area contributed by atoms with Crippen LogP contribution in [-0.2, 0) is 6.54 Å². The summed E-state index contributed by atoms with van der Waals surface area (Å²) in [7, 11) is 1.52. The zero-order chi connectivity index (χ0) is 22.5. The summed E-state index contributed by atoms with van der Waals surface area (Å²) in [5.74, 6) is -9.03. The van der Waals surface area contributed by atoms with Crippen molar-refractivity contribution in [2.24, 2.45) is 5.92 Å². The molecule has 0 spiro atoms. The number of rotatable bonds is 8. The lowest BCUT2D eigenvalue weighted by Gasteiger charge is -2.23. The molecule has 168 valence electrons. The Balaban J connectivity index is 1.58. The van der Waals surface area contributed by atoms with Crippen molar-refractivity contribution in [2.75, 3.05) is 13.6 Å². The number of nitrogens with zero attached hydrogens (tertiary/aromatic N) is 1. The topological polar surface area (TPSA) is 15.3 Å². The molecule has 2 nitrogen and oxygen atoms in total. The van der Waals surface area contributed by atoms with Crippen LogP contribution in [-0.4, -0.2) is 17.9 Å². The van der Waals surface area contributed by atoms with Crippen molar-refractivity contribution in [3.05, 3.63) is 71.1 Å². The second kappa shape index (κ2) is 10.5. The molecule has 31 heavy (non-hydrogen) atoms. The summed E-state index contributed by atoms with van der Waals surface area (Å²) >= 11 is 0.470. The number of hydrogen-bond acceptors (Lipinski definition) is 3. The van der Waals surface area contributed by atoms with Crippen molar-refractivity contribution in [1.82, 2.24) is 9.62 Å². The van der Waals surface area contributed by atoms with Gasteiger partial charge in [-0.1, -0.05) is 50.1 Å². The molecular formula is C23H25F5N2S.